The third kappa shape index (κ3) is 6.70. The van der Waals surface area contributed by atoms with E-state index in [1.54, 1.807) is 7.05 Å². The Hall–Kier alpha value is -1.20. The average molecular weight is 510 g/mol. The number of aliphatic imine (C=N–C) groups is 1. The molecule has 2 fully saturated rings. The number of morpholine rings is 1. The van der Waals surface area contributed by atoms with E-state index in [1.807, 2.05) is 0 Å². The van der Waals surface area contributed by atoms with Crippen molar-refractivity contribution in [1.29, 1.82) is 0 Å². The summed E-state index contributed by atoms with van der Waals surface area (Å²) in [6.07, 6.45) is 1.16. The molecule has 158 valence electrons. The number of halogens is 3. The smallest absolute Gasteiger partial charge is 0.193 e. The Kier molecular flexibility index (Phi) is 9.66. The van der Waals surface area contributed by atoms with Crippen molar-refractivity contribution in [2.24, 2.45) is 10.9 Å². The highest BCUT2D eigenvalue weighted by molar-refractivity contribution is 14.0. The molecule has 1 aromatic carbocycles. The number of benzene rings is 1. The Bertz CT molecular complexity index is 644. The van der Waals surface area contributed by atoms with Crippen molar-refractivity contribution in [3.05, 3.63) is 29.8 Å². The van der Waals surface area contributed by atoms with Crippen molar-refractivity contribution in [3.63, 3.8) is 0 Å². The second kappa shape index (κ2) is 11.7. The molecule has 1 N–H and O–H groups in total. The molecule has 0 aromatic heterocycles. The van der Waals surface area contributed by atoms with E-state index >= 15 is 0 Å². The lowest BCUT2D eigenvalue weighted by molar-refractivity contribution is 0.0315. The molecule has 2 aliphatic rings. The molecule has 0 aliphatic carbocycles. The molecule has 1 unspecified atom stereocenters. The molecule has 9 heteroatoms. The number of rotatable bonds is 6. The quantitative estimate of drug-likeness (QED) is 0.275. The van der Waals surface area contributed by atoms with Crippen molar-refractivity contribution in [2.75, 3.05) is 66.1 Å². The van der Waals surface area contributed by atoms with Crippen molar-refractivity contribution in [2.45, 2.75) is 6.42 Å². The molecule has 0 spiro atoms. The Balaban J connectivity index is 0.00000280. The summed E-state index contributed by atoms with van der Waals surface area (Å²) in [6, 6.07) is 3.54. The first-order chi connectivity index (χ1) is 13.2. The van der Waals surface area contributed by atoms with Crippen molar-refractivity contribution >= 4 is 29.9 Å². The molecule has 2 heterocycles. The largest absolute Gasteiger partial charge is 0.492 e. The normalized spacial score (nSPS) is 20.8. The van der Waals surface area contributed by atoms with Gasteiger partial charge in [-0.25, -0.2) is 8.78 Å². The van der Waals surface area contributed by atoms with Gasteiger partial charge < -0.3 is 19.7 Å². The van der Waals surface area contributed by atoms with Crippen LogP contribution in [-0.4, -0.2) is 81.9 Å². The van der Waals surface area contributed by atoms with Crippen LogP contribution < -0.4 is 10.1 Å². The van der Waals surface area contributed by atoms with Gasteiger partial charge in [-0.1, -0.05) is 0 Å². The minimum Gasteiger partial charge on any atom is -0.492 e. The van der Waals surface area contributed by atoms with E-state index in [4.69, 9.17) is 9.47 Å². The van der Waals surface area contributed by atoms with Crippen LogP contribution in [0, 0.1) is 17.6 Å². The zero-order valence-corrected chi connectivity index (χ0v) is 18.5. The van der Waals surface area contributed by atoms with E-state index in [0.717, 1.165) is 70.5 Å². The van der Waals surface area contributed by atoms with Gasteiger partial charge in [-0.2, -0.15) is 0 Å². The lowest BCUT2D eigenvalue weighted by Gasteiger charge is -2.29. The summed E-state index contributed by atoms with van der Waals surface area (Å²) in [5.74, 6) is 0.0343. The van der Waals surface area contributed by atoms with Gasteiger partial charge in [0.25, 0.3) is 0 Å². The van der Waals surface area contributed by atoms with Crippen LogP contribution in [0.4, 0.5) is 8.78 Å². The maximum Gasteiger partial charge on any atom is 0.193 e. The number of hydrogen-bond acceptors (Lipinski definition) is 4. The number of likely N-dealkylation sites (tertiary alicyclic amines) is 1. The number of nitrogens with one attached hydrogen (secondary N) is 1. The predicted molar refractivity (Wildman–Crippen MR) is 116 cm³/mol. The lowest BCUT2D eigenvalue weighted by Crippen LogP contribution is -2.43. The Labute approximate surface area is 182 Å². The van der Waals surface area contributed by atoms with Crippen molar-refractivity contribution in [3.8, 4) is 5.75 Å². The monoisotopic (exact) mass is 510 g/mol. The van der Waals surface area contributed by atoms with E-state index in [9.17, 15) is 8.78 Å². The molecular formula is C19H29F2IN4O2. The fourth-order valence-electron chi connectivity index (χ4n) is 3.55. The fourth-order valence-corrected chi connectivity index (χ4v) is 3.55. The van der Waals surface area contributed by atoms with Gasteiger partial charge in [-0.15, -0.1) is 24.0 Å². The van der Waals surface area contributed by atoms with Gasteiger partial charge in [0.1, 0.15) is 12.4 Å². The SMILES string of the molecule is CN=C(NCCOc1ccc(F)c(F)c1)N1CCC(CN2CCOCC2)C1.I. The van der Waals surface area contributed by atoms with Gasteiger partial charge in [0.15, 0.2) is 17.6 Å². The molecule has 1 aromatic rings. The first-order valence-electron chi connectivity index (χ1n) is 9.49. The fraction of sp³-hybridized carbons (Fsp3) is 0.632. The summed E-state index contributed by atoms with van der Waals surface area (Å²) in [5, 5.41) is 3.28. The average Bonchev–Trinajstić information content (AvgIpc) is 3.13. The maximum absolute atomic E-state index is 13.2. The molecule has 2 saturated heterocycles. The third-order valence-electron chi connectivity index (χ3n) is 4.96. The van der Waals surface area contributed by atoms with E-state index in [2.05, 4.69) is 20.1 Å². The summed E-state index contributed by atoms with van der Waals surface area (Å²) >= 11 is 0. The van der Waals surface area contributed by atoms with Crippen LogP contribution in [-0.2, 0) is 4.74 Å². The minimum atomic E-state index is -0.903. The zero-order chi connectivity index (χ0) is 19.1. The standard InChI is InChI=1S/C19H28F2N4O2.HI/c1-22-19(23-5-9-27-16-2-3-17(20)18(21)12-16)25-6-4-15(14-25)13-24-7-10-26-11-8-24;/h2-3,12,15H,4-11,13-14H2,1H3,(H,22,23);1H. The van der Waals surface area contributed by atoms with Crippen LogP contribution in [0.3, 0.4) is 0 Å². The van der Waals surface area contributed by atoms with E-state index in [0.29, 0.717) is 24.8 Å². The Morgan fingerprint density at radius 1 is 1.25 bits per heavy atom. The first kappa shape index (κ1) is 23.1. The number of ether oxygens (including phenoxy) is 2. The van der Waals surface area contributed by atoms with Crippen LogP contribution in [0.25, 0.3) is 0 Å². The second-order valence-electron chi connectivity index (χ2n) is 6.91. The summed E-state index contributed by atoms with van der Waals surface area (Å²) in [5.41, 5.74) is 0. The van der Waals surface area contributed by atoms with E-state index in [1.165, 1.54) is 6.07 Å². The lowest BCUT2D eigenvalue weighted by atomic mass is 10.1. The summed E-state index contributed by atoms with van der Waals surface area (Å²) in [4.78, 5) is 9.10. The molecule has 0 radical (unpaired) electrons. The molecule has 0 amide bonds. The Morgan fingerprint density at radius 2 is 2.04 bits per heavy atom. The van der Waals surface area contributed by atoms with Crippen LogP contribution in [0.2, 0.25) is 0 Å². The highest BCUT2D eigenvalue weighted by Gasteiger charge is 2.26. The van der Waals surface area contributed by atoms with Crippen LogP contribution in [0.1, 0.15) is 6.42 Å². The molecule has 1 atom stereocenters. The van der Waals surface area contributed by atoms with Gasteiger partial charge in [0.2, 0.25) is 0 Å². The highest BCUT2D eigenvalue weighted by atomic mass is 127. The number of hydrogen-bond donors (Lipinski definition) is 1. The minimum absolute atomic E-state index is 0. The summed E-state index contributed by atoms with van der Waals surface area (Å²) in [7, 11) is 1.77. The van der Waals surface area contributed by atoms with Crippen LogP contribution >= 0.6 is 24.0 Å². The van der Waals surface area contributed by atoms with Gasteiger partial charge in [0, 0.05) is 45.8 Å². The highest BCUT2D eigenvalue weighted by Crippen LogP contribution is 2.18. The third-order valence-corrected chi connectivity index (χ3v) is 4.96. The van der Waals surface area contributed by atoms with Crippen LogP contribution in [0.5, 0.6) is 5.75 Å². The number of guanidine groups is 1. The maximum atomic E-state index is 13.2. The van der Waals surface area contributed by atoms with Crippen LogP contribution in [0.15, 0.2) is 23.2 Å². The predicted octanol–water partition coefficient (Wildman–Crippen LogP) is 2.19. The van der Waals surface area contributed by atoms with Gasteiger partial charge in [0.05, 0.1) is 19.8 Å². The van der Waals surface area contributed by atoms with E-state index in [-0.39, 0.29) is 24.0 Å². The molecule has 0 saturated carbocycles. The van der Waals surface area contributed by atoms with Gasteiger partial charge in [-0.3, -0.25) is 9.89 Å². The van der Waals surface area contributed by atoms with Crippen molar-refractivity contribution in [1.82, 2.24) is 15.1 Å². The van der Waals surface area contributed by atoms with Gasteiger partial charge >= 0.3 is 0 Å². The Morgan fingerprint density at radius 3 is 2.75 bits per heavy atom. The first-order valence-corrected chi connectivity index (χ1v) is 9.49. The van der Waals surface area contributed by atoms with E-state index < -0.39 is 11.6 Å². The van der Waals surface area contributed by atoms with Crippen molar-refractivity contribution < 1.29 is 18.3 Å². The summed E-state index contributed by atoms with van der Waals surface area (Å²) < 4.78 is 37.0. The summed E-state index contributed by atoms with van der Waals surface area (Å²) in [6.45, 7) is 7.66. The molecule has 0 bridgehead atoms. The molecule has 3 rings (SSSR count). The van der Waals surface area contributed by atoms with Gasteiger partial charge in [-0.05, 0) is 24.5 Å². The molecule has 2 aliphatic heterocycles. The molecule has 28 heavy (non-hydrogen) atoms. The second-order valence-corrected chi connectivity index (χ2v) is 6.91. The number of nitrogens with zero attached hydrogens (tertiary/aromatic N) is 3. The molecular weight excluding hydrogens is 481 g/mol. The topological polar surface area (TPSA) is 49.3 Å². The zero-order valence-electron chi connectivity index (χ0n) is 16.2. The molecule has 6 nitrogen and oxygen atoms in total.